The van der Waals surface area contributed by atoms with Crippen LogP contribution in [0.15, 0.2) is 72.8 Å². The number of halogens is 2. The summed E-state index contributed by atoms with van der Waals surface area (Å²) in [5.74, 6) is 1.52. The van der Waals surface area contributed by atoms with Gasteiger partial charge in [-0.2, -0.15) is 0 Å². The molecule has 0 saturated heterocycles. The Bertz CT molecular complexity index is 732. The number of hydrogen-bond donors (Lipinski definition) is 0. The first-order chi connectivity index (χ1) is 11.7. The molecular weight excluding hydrogens is 343 g/mol. The van der Waals surface area contributed by atoms with Crippen LogP contribution in [-0.2, 0) is 13.2 Å². The summed E-state index contributed by atoms with van der Waals surface area (Å²) in [4.78, 5) is 0. The molecule has 0 aliphatic carbocycles. The summed E-state index contributed by atoms with van der Waals surface area (Å²) >= 11 is 11.9. The fourth-order valence-corrected chi connectivity index (χ4v) is 2.54. The third kappa shape index (κ3) is 4.92. The van der Waals surface area contributed by atoms with Crippen LogP contribution in [0.1, 0.15) is 11.1 Å². The SMILES string of the molecule is Clc1cccc(OCc2ccc(COc3cccc(Cl)c3)cc2)c1. The molecule has 3 aromatic carbocycles. The topological polar surface area (TPSA) is 18.5 Å². The summed E-state index contributed by atoms with van der Waals surface area (Å²) in [6, 6.07) is 22.9. The number of rotatable bonds is 6. The average molecular weight is 359 g/mol. The Morgan fingerprint density at radius 2 is 1.00 bits per heavy atom. The van der Waals surface area contributed by atoms with E-state index in [-0.39, 0.29) is 0 Å². The van der Waals surface area contributed by atoms with Gasteiger partial charge in [0.05, 0.1) is 0 Å². The van der Waals surface area contributed by atoms with Crippen molar-refractivity contribution < 1.29 is 9.47 Å². The number of ether oxygens (including phenoxy) is 2. The van der Waals surface area contributed by atoms with E-state index in [0.717, 1.165) is 22.6 Å². The van der Waals surface area contributed by atoms with Gasteiger partial charge in [0, 0.05) is 10.0 Å². The molecule has 3 rings (SSSR count). The van der Waals surface area contributed by atoms with E-state index >= 15 is 0 Å². The standard InChI is InChI=1S/C20H16Cl2O2/c21-17-3-1-5-19(11-17)23-13-15-7-9-16(10-8-15)14-24-20-6-2-4-18(22)12-20/h1-12H,13-14H2. The predicted molar refractivity (Wildman–Crippen MR) is 98.0 cm³/mol. The lowest BCUT2D eigenvalue weighted by Crippen LogP contribution is -1.98. The van der Waals surface area contributed by atoms with E-state index in [2.05, 4.69) is 0 Å². The summed E-state index contributed by atoms with van der Waals surface area (Å²) in [7, 11) is 0. The van der Waals surface area contributed by atoms with Gasteiger partial charge in [-0.05, 0) is 47.5 Å². The van der Waals surface area contributed by atoms with Crippen molar-refractivity contribution >= 4 is 23.2 Å². The third-order valence-electron chi connectivity index (χ3n) is 3.43. The van der Waals surface area contributed by atoms with Crippen molar-refractivity contribution in [3.8, 4) is 11.5 Å². The fourth-order valence-electron chi connectivity index (χ4n) is 2.18. The summed E-state index contributed by atoms with van der Waals surface area (Å²) in [6.45, 7) is 0.992. The molecule has 3 aromatic rings. The molecule has 0 bridgehead atoms. The van der Waals surface area contributed by atoms with E-state index in [1.807, 2.05) is 60.7 Å². The van der Waals surface area contributed by atoms with Crippen LogP contribution in [0.5, 0.6) is 11.5 Å². The van der Waals surface area contributed by atoms with E-state index in [1.54, 1.807) is 12.1 Å². The lowest BCUT2D eigenvalue weighted by molar-refractivity contribution is 0.302. The van der Waals surface area contributed by atoms with Crippen LogP contribution in [0.25, 0.3) is 0 Å². The zero-order valence-electron chi connectivity index (χ0n) is 12.9. The molecule has 0 N–H and O–H groups in total. The second-order valence-electron chi connectivity index (χ2n) is 5.31. The van der Waals surface area contributed by atoms with Crippen molar-refractivity contribution in [3.63, 3.8) is 0 Å². The second kappa shape index (κ2) is 8.09. The summed E-state index contributed by atoms with van der Waals surface area (Å²) in [5, 5.41) is 1.34. The predicted octanol–water partition coefficient (Wildman–Crippen LogP) is 6.15. The molecule has 0 atom stereocenters. The van der Waals surface area contributed by atoms with E-state index in [9.17, 15) is 0 Å². The largest absolute Gasteiger partial charge is 0.489 e. The molecule has 2 nitrogen and oxygen atoms in total. The molecule has 0 saturated carbocycles. The molecule has 0 amide bonds. The van der Waals surface area contributed by atoms with Gasteiger partial charge in [-0.3, -0.25) is 0 Å². The lowest BCUT2D eigenvalue weighted by Gasteiger charge is -2.09. The number of hydrogen-bond acceptors (Lipinski definition) is 2. The molecule has 0 radical (unpaired) electrons. The molecule has 0 heterocycles. The Morgan fingerprint density at radius 3 is 1.38 bits per heavy atom. The monoisotopic (exact) mass is 358 g/mol. The van der Waals surface area contributed by atoms with Crippen LogP contribution in [0.4, 0.5) is 0 Å². The van der Waals surface area contributed by atoms with Gasteiger partial charge in [-0.15, -0.1) is 0 Å². The first-order valence-corrected chi connectivity index (χ1v) is 8.29. The fraction of sp³-hybridized carbons (Fsp3) is 0.100. The molecule has 0 aliphatic heterocycles. The number of benzene rings is 3. The van der Waals surface area contributed by atoms with Crippen LogP contribution >= 0.6 is 23.2 Å². The van der Waals surface area contributed by atoms with Gasteiger partial charge < -0.3 is 9.47 Å². The smallest absolute Gasteiger partial charge is 0.121 e. The maximum atomic E-state index is 5.94. The summed E-state index contributed by atoms with van der Waals surface area (Å²) < 4.78 is 11.4. The Balaban J connectivity index is 1.53. The highest BCUT2D eigenvalue weighted by Gasteiger charge is 2.00. The first kappa shape index (κ1) is 16.7. The lowest BCUT2D eigenvalue weighted by atomic mass is 10.1. The second-order valence-corrected chi connectivity index (χ2v) is 6.18. The van der Waals surface area contributed by atoms with Gasteiger partial charge in [0.2, 0.25) is 0 Å². The van der Waals surface area contributed by atoms with Crippen molar-refractivity contribution in [1.82, 2.24) is 0 Å². The van der Waals surface area contributed by atoms with Gasteiger partial charge >= 0.3 is 0 Å². The summed E-state index contributed by atoms with van der Waals surface area (Å²) in [6.07, 6.45) is 0. The van der Waals surface area contributed by atoms with Crippen LogP contribution < -0.4 is 9.47 Å². The van der Waals surface area contributed by atoms with Gasteiger partial charge in [-0.1, -0.05) is 59.6 Å². The quantitative estimate of drug-likeness (QED) is 0.525. The Kier molecular flexibility index (Phi) is 5.63. The molecule has 0 unspecified atom stereocenters. The van der Waals surface area contributed by atoms with Crippen LogP contribution in [-0.4, -0.2) is 0 Å². The minimum Gasteiger partial charge on any atom is -0.489 e. The zero-order chi connectivity index (χ0) is 16.8. The van der Waals surface area contributed by atoms with E-state index in [1.165, 1.54) is 0 Å². The van der Waals surface area contributed by atoms with Crippen LogP contribution in [0.3, 0.4) is 0 Å². The van der Waals surface area contributed by atoms with Crippen molar-refractivity contribution in [1.29, 1.82) is 0 Å². The maximum absolute atomic E-state index is 5.94. The zero-order valence-corrected chi connectivity index (χ0v) is 14.4. The molecule has 0 aromatic heterocycles. The van der Waals surface area contributed by atoms with E-state index in [4.69, 9.17) is 32.7 Å². The van der Waals surface area contributed by atoms with Gasteiger partial charge in [0.15, 0.2) is 0 Å². The normalized spacial score (nSPS) is 10.4. The molecule has 0 fully saturated rings. The highest BCUT2D eigenvalue weighted by Crippen LogP contribution is 2.20. The van der Waals surface area contributed by atoms with Crippen LogP contribution in [0, 0.1) is 0 Å². The van der Waals surface area contributed by atoms with Gasteiger partial charge in [0.25, 0.3) is 0 Å². The molecule has 122 valence electrons. The minimum absolute atomic E-state index is 0.496. The average Bonchev–Trinajstić information content (AvgIpc) is 2.59. The summed E-state index contributed by atoms with van der Waals surface area (Å²) in [5.41, 5.74) is 2.17. The van der Waals surface area contributed by atoms with Crippen LogP contribution in [0.2, 0.25) is 10.0 Å². The maximum Gasteiger partial charge on any atom is 0.121 e. The molecule has 0 aliphatic rings. The van der Waals surface area contributed by atoms with Crippen molar-refractivity contribution in [2.45, 2.75) is 13.2 Å². The first-order valence-electron chi connectivity index (χ1n) is 7.53. The third-order valence-corrected chi connectivity index (χ3v) is 3.90. The van der Waals surface area contributed by atoms with E-state index in [0.29, 0.717) is 23.3 Å². The molecule has 4 heteroatoms. The molecule has 24 heavy (non-hydrogen) atoms. The van der Waals surface area contributed by atoms with Crippen molar-refractivity contribution in [3.05, 3.63) is 94.0 Å². The van der Waals surface area contributed by atoms with Gasteiger partial charge in [-0.25, -0.2) is 0 Å². The minimum atomic E-state index is 0.496. The highest BCUT2D eigenvalue weighted by molar-refractivity contribution is 6.31. The molecule has 0 spiro atoms. The van der Waals surface area contributed by atoms with Crippen molar-refractivity contribution in [2.75, 3.05) is 0 Å². The van der Waals surface area contributed by atoms with Crippen molar-refractivity contribution in [2.24, 2.45) is 0 Å². The van der Waals surface area contributed by atoms with E-state index < -0.39 is 0 Å². The highest BCUT2D eigenvalue weighted by atomic mass is 35.5. The Morgan fingerprint density at radius 1 is 0.583 bits per heavy atom. The molecular formula is C20H16Cl2O2. The van der Waals surface area contributed by atoms with Gasteiger partial charge in [0.1, 0.15) is 24.7 Å². The Hall–Kier alpha value is -2.16. The Labute approximate surface area is 151 Å².